The predicted molar refractivity (Wildman–Crippen MR) is 98.5 cm³/mol. The van der Waals surface area contributed by atoms with Crippen LogP contribution in [-0.2, 0) is 15.6 Å². The van der Waals surface area contributed by atoms with Gasteiger partial charge in [-0.3, -0.25) is 4.99 Å². The lowest BCUT2D eigenvalue weighted by molar-refractivity contribution is 0.340. The van der Waals surface area contributed by atoms with Crippen LogP contribution in [0.2, 0.25) is 0 Å². The summed E-state index contributed by atoms with van der Waals surface area (Å²) in [5, 5.41) is 5.19. The van der Waals surface area contributed by atoms with Crippen LogP contribution in [0.15, 0.2) is 70.1 Å². The Bertz CT molecular complexity index is 930. The quantitative estimate of drug-likeness (QED) is 0.894. The molecular formula is C19H20N2O3S. The fourth-order valence-electron chi connectivity index (χ4n) is 2.96. The van der Waals surface area contributed by atoms with Gasteiger partial charge in [0.15, 0.2) is 0 Å². The molecule has 0 aliphatic carbocycles. The standard InChI is InChI=1S/C19H20N2O3S/c1-3-24-17-8-4-15(5-9-17)19(12-14(2)13-21-19)16-6-10-18(11-7-16)25(20,22)23/h4-13H,3H2,1-2H3,(H2,20,22,23). The number of nitrogens with zero attached hydrogens (tertiary/aromatic N) is 1. The van der Waals surface area contributed by atoms with Gasteiger partial charge in [-0.05, 0) is 60.9 Å². The maximum atomic E-state index is 11.5. The molecule has 0 radical (unpaired) electrons. The summed E-state index contributed by atoms with van der Waals surface area (Å²) in [5.41, 5.74) is 2.22. The summed E-state index contributed by atoms with van der Waals surface area (Å²) in [5.74, 6) is 0.800. The number of aliphatic imine (C=N–C) groups is 1. The van der Waals surface area contributed by atoms with Gasteiger partial charge in [0.25, 0.3) is 0 Å². The molecule has 25 heavy (non-hydrogen) atoms. The Hall–Kier alpha value is -2.44. The van der Waals surface area contributed by atoms with E-state index in [2.05, 4.69) is 6.08 Å². The summed E-state index contributed by atoms with van der Waals surface area (Å²) in [4.78, 5) is 4.80. The van der Waals surface area contributed by atoms with Crippen LogP contribution >= 0.6 is 0 Å². The number of sulfonamides is 1. The van der Waals surface area contributed by atoms with Gasteiger partial charge < -0.3 is 4.74 Å². The van der Waals surface area contributed by atoms with Crippen molar-refractivity contribution in [2.45, 2.75) is 24.3 Å². The number of rotatable bonds is 5. The number of hydrogen-bond acceptors (Lipinski definition) is 4. The predicted octanol–water partition coefficient (Wildman–Crippen LogP) is 3.01. The lowest BCUT2D eigenvalue weighted by atomic mass is 9.83. The minimum atomic E-state index is -3.72. The van der Waals surface area contributed by atoms with Crippen molar-refractivity contribution < 1.29 is 13.2 Å². The van der Waals surface area contributed by atoms with E-state index in [9.17, 15) is 8.42 Å². The van der Waals surface area contributed by atoms with E-state index in [0.29, 0.717) is 6.61 Å². The number of ether oxygens (including phenoxy) is 1. The van der Waals surface area contributed by atoms with Crippen LogP contribution in [-0.4, -0.2) is 21.2 Å². The molecule has 0 amide bonds. The number of primary sulfonamides is 1. The van der Waals surface area contributed by atoms with E-state index in [0.717, 1.165) is 22.4 Å². The van der Waals surface area contributed by atoms with Gasteiger partial charge in [0.2, 0.25) is 10.0 Å². The third-order valence-electron chi connectivity index (χ3n) is 4.14. The highest BCUT2D eigenvalue weighted by atomic mass is 32.2. The largest absolute Gasteiger partial charge is 0.494 e. The lowest BCUT2D eigenvalue weighted by Gasteiger charge is -2.26. The van der Waals surface area contributed by atoms with Crippen molar-refractivity contribution in [2.24, 2.45) is 10.1 Å². The maximum Gasteiger partial charge on any atom is 0.238 e. The Morgan fingerprint density at radius 2 is 1.60 bits per heavy atom. The Kier molecular flexibility index (Phi) is 4.49. The van der Waals surface area contributed by atoms with Crippen LogP contribution in [0, 0.1) is 0 Å². The van der Waals surface area contributed by atoms with Crippen molar-refractivity contribution >= 4 is 16.2 Å². The molecule has 2 N–H and O–H groups in total. The van der Waals surface area contributed by atoms with E-state index in [-0.39, 0.29) is 4.90 Å². The molecule has 130 valence electrons. The molecule has 6 heteroatoms. The normalized spacial score (nSPS) is 19.7. The van der Waals surface area contributed by atoms with Gasteiger partial charge in [-0.25, -0.2) is 13.6 Å². The second-order valence-corrected chi connectivity index (χ2v) is 7.50. The molecule has 0 saturated carbocycles. The van der Waals surface area contributed by atoms with Crippen LogP contribution in [0.3, 0.4) is 0 Å². The van der Waals surface area contributed by atoms with E-state index in [1.807, 2.05) is 44.3 Å². The van der Waals surface area contributed by atoms with Crippen molar-refractivity contribution in [1.29, 1.82) is 0 Å². The summed E-state index contributed by atoms with van der Waals surface area (Å²) in [6.07, 6.45) is 3.89. The zero-order chi connectivity index (χ0) is 18.1. The second-order valence-electron chi connectivity index (χ2n) is 5.94. The zero-order valence-electron chi connectivity index (χ0n) is 14.1. The van der Waals surface area contributed by atoms with Crippen molar-refractivity contribution in [3.8, 4) is 5.75 Å². The zero-order valence-corrected chi connectivity index (χ0v) is 15.0. The highest BCUT2D eigenvalue weighted by Gasteiger charge is 2.34. The molecule has 3 rings (SSSR count). The van der Waals surface area contributed by atoms with Crippen molar-refractivity contribution in [3.63, 3.8) is 0 Å². The van der Waals surface area contributed by atoms with Crippen LogP contribution < -0.4 is 9.88 Å². The molecule has 2 aromatic rings. The van der Waals surface area contributed by atoms with Crippen LogP contribution in [0.25, 0.3) is 0 Å². The van der Waals surface area contributed by atoms with Crippen molar-refractivity contribution in [3.05, 3.63) is 71.3 Å². The first kappa shape index (κ1) is 17.4. The number of nitrogens with two attached hydrogens (primary N) is 1. The summed E-state index contributed by atoms with van der Waals surface area (Å²) in [7, 11) is -3.72. The van der Waals surface area contributed by atoms with Gasteiger partial charge in [-0.15, -0.1) is 0 Å². The van der Waals surface area contributed by atoms with E-state index in [1.54, 1.807) is 12.1 Å². The van der Waals surface area contributed by atoms with E-state index < -0.39 is 15.6 Å². The van der Waals surface area contributed by atoms with Gasteiger partial charge in [-0.2, -0.15) is 0 Å². The molecule has 5 nitrogen and oxygen atoms in total. The van der Waals surface area contributed by atoms with Crippen molar-refractivity contribution in [1.82, 2.24) is 0 Å². The summed E-state index contributed by atoms with van der Waals surface area (Å²) in [6.45, 7) is 4.53. The molecule has 1 unspecified atom stereocenters. The monoisotopic (exact) mass is 356 g/mol. The van der Waals surface area contributed by atoms with Crippen LogP contribution in [0.4, 0.5) is 0 Å². The topological polar surface area (TPSA) is 81.8 Å². The molecule has 1 atom stereocenters. The molecule has 0 aromatic heterocycles. The highest BCUT2D eigenvalue weighted by Crippen LogP contribution is 2.39. The third kappa shape index (κ3) is 3.36. The molecule has 0 fully saturated rings. The highest BCUT2D eigenvalue weighted by molar-refractivity contribution is 7.89. The first-order chi connectivity index (χ1) is 11.8. The third-order valence-corrected chi connectivity index (χ3v) is 5.07. The first-order valence-electron chi connectivity index (χ1n) is 7.96. The SMILES string of the molecule is CCOc1ccc(C2(c3ccc(S(N)(=O)=O)cc3)C=C(C)C=N2)cc1. The molecule has 1 aliphatic heterocycles. The summed E-state index contributed by atoms with van der Waals surface area (Å²) in [6, 6.07) is 14.3. The molecule has 1 heterocycles. The molecule has 0 spiro atoms. The molecule has 1 aliphatic rings. The summed E-state index contributed by atoms with van der Waals surface area (Å²) >= 11 is 0. The molecule has 2 aromatic carbocycles. The second kappa shape index (κ2) is 6.46. The van der Waals surface area contributed by atoms with E-state index in [1.165, 1.54) is 12.1 Å². The molecular weight excluding hydrogens is 336 g/mol. The minimum absolute atomic E-state index is 0.0840. The van der Waals surface area contributed by atoms with Gasteiger partial charge in [0.1, 0.15) is 11.3 Å². The lowest BCUT2D eigenvalue weighted by Crippen LogP contribution is -2.21. The molecule has 0 saturated heterocycles. The molecule has 0 bridgehead atoms. The van der Waals surface area contributed by atoms with Gasteiger partial charge in [0.05, 0.1) is 11.5 Å². The van der Waals surface area contributed by atoms with Gasteiger partial charge >= 0.3 is 0 Å². The van der Waals surface area contributed by atoms with E-state index >= 15 is 0 Å². The van der Waals surface area contributed by atoms with Crippen molar-refractivity contribution in [2.75, 3.05) is 6.61 Å². The van der Waals surface area contributed by atoms with E-state index in [4.69, 9.17) is 14.9 Å². The minimum Gasteiger partial charge on any atom is -0.494 e. The number of benzene rings is 2. The summed E-state index contributed by atoms with van der Waals surface area (Å²) < 4.78 is 28.5. The first-order valence-corrected chi connectivity index (χ1v) is 9.51. The Morgan fingerprint density at radius 3 is 2.04 bits per heavy atom. The number of hydrogen-bond donors (Lipinski definition) is 1. The van der Waals surface area contributed by atoms with Gasteiger partial charge in [0, 0.05) is 6.21 Å². The van der Waals surface area contributed by atoms with Crippen LogP contribution in [0.5, 0.6) is 5.75 Å². The fraction of sp³-hybridized carbons (Fsp3) is 0.211. The Morgan fingerprint density at radius 1 is 1.04 bits per heavy atom. The Labute approximate surface area is 147 Å². The smallest absolute Gasteiger partial charge is 0.238 e. The Balaban J connectivity index is 2.07. The average molecular weight is 356 g/mol. The fourth-order valence-corrected chi connectivity index (χ4v) is 3.48. The maximum absolute atomic E-state index is 11.5. The van der Waals surface area contributed by atoms with Crippen LogP contribution in [0.1, 0.15) is 25.0 Å². The van der Waals surface area contributed by atoms with Gasteiger partial charge in [-0.1, -0.05) is 24.3 Å². The number of allylic oxidation sites excluding steroid dienone is 1. The average Bonchev–Trinajstić information content (AvgIpc) is 2.98.